The van der Waals surface area contributed by atoms with Gasteiger partial charge in [-0.25, -0.2) is 4.79 Å². The van der Waals surface area contributed by atoms with Crippen LogP contribution in [0.3, 0.4) is 0 Å². The fraction of sp³-hybridized carbons (Fsp3) is 0.243. The van der Waals surface area contributed by atoms with Gasteiger partial charge >= 0.3 is 5.97 Å². The highest BCUT2D eigenvalue weighted by Gasteiger charge is 2.30. The molecule has 0 saturated carbocycles. The van der Waals surface area contributed by atoms with E-state index in [4.69, 9.17) is 27.9 Å². The molecule has 1 heterocycles. The zero-order chi connectivity index (χ0) is 35.1. The molecule has 1 aliphatic rings. The molecule has 254 valence electrons. The average molecular weight is 737 g/mol. The first-order valence-electron chi connectivity index (χ1n) is 15.8. The van der Waals surface area contributed by atoms with E-state index in [0.717, 1.165) is 34.6 Å². The quantitative estimate of drug-likeness (QED) is 0.0806. The van der Waals surface area contributed by atoms with Gasteiger partial charge in [0.15, 0.2) is 0 Å². The topological polar surface area (TPSA) is 114 Å². The lowest BCUT2D eigenvalue weighted by molar-refractivity contribution is -0.115. The van der Waals surface area contributed by atoms with E-state index in [0.29, 0.717) is 43.3 Å². The standard InChI is InChI=1S/C37H35Cl2N3O5S2/c1-4-47-37(46)32-28-16-13-21(2)17-31(28)49-36(32)42-33(43)22(3)48-27-12-8-11-26(20-27)40-35(45)30(18-24-14-15-25(38)19-29(24)39)41-34(44)23-9-6-5-7-10-23/h5-12,14-15,18-22H,4,13,16-17H2,1-3H3,(H,40,45)(H,41,44)(H,42,43)/b30-18+. The van der Waals surface area contributed by atoms with Crippen LogP contribution in [-0.2, 0) is 27.2 Å². The number of nitrogens with one attached hydrogen (secondary N) is 3. The zero-order valence-electron chi connectivity index (χ0n) is 27.1. The van der Waals surface area contributed by atoms with Crippen LogP contribution in [0, 0.1) is 5.92 Å². The Hall–Kier alpha value is -4.09. The van der Waals surface area contributed by atoms with Crippen LogP contribution in [0.4, 0.5) is 10.7 Å². The summed E-state index contributed by atoms with van der Waals surface area (Å²) in [6, 6.07) is 20.4. The van der Waals surface area contributed by atoms with E-state index < -0.39 is 23.0 Å². The van der Waals surface area contributed by atoms with Crippen molar-refractivity contribution in [1.29, 1.82) is 0 Å². The van der Waals surface area contributed by atoms with Gasteiger partial charge in [0.1, 0.15) is 10.7 Å². The molecule has 49 heavy (non-hydrogen) atoms. The Kier molecular flexibility index (Phi) is 12.2. The van der Waals surface area contributed by atoms with Crippen LogP contribution in [0.15, 0.2) is 83.4 Å². The van der Waals surface area contributed by atoms with Gasteiger partial charge in [0.25, 0.3) is 11.8 Å². The van der Waals surface area contributed by atoms with E-state index in [9.17, 15) is 19.2 Å². The molecule has 0 fully saturated rings. The SMILES string of the molecule is CCOC(=O)c1c(NC(=O)C(C)Sc2cccc(NC(=O)/C(=C\c3ccc(Cl)cc3Cl)NC(=O)c3ccccc3)c2)sc2c1CCC(C)C2. The molecule has 12 heteroatoms. The molecular formula is C37H35Cl2N3O5S2. The Labute approximate surface area is 303 Å². The predicted octanol–water partition coefficient (Wildman–Crippen LogP) is 8.89. The zero-order valence-corrected chi connectivity index (χ0v) is 30.2. The molecule has 8 nitrogen and oxygen atoms in total. The summed E-state index contributed by atoms with van der Waals surface area (Å²) < 4.78 is 5.34. The van der Waals surface area contributed by atoms with Crippen molar-refractivity contribution in [3.63, 3.8) is 0 Å². The molecule has 1 aromatic heterocycles. The second kappa shape index (κ2) is 16.5. The number of carbonyl (C=O) groups excluding carboxylic acids is 4. The molecular weight excluding hydrogens is 701 g/mol. The van der Waals surface area contributed by atoms with Crippen LogP contribution in [0.1, 0.15) is 63.9 Å². The van der Waals surface area contributed by atoms with Crippen molar-refractivity contribution in [3.8, 4) is 0 Å². The highest BCUT2D eigenvalue weighted by molar-refractivity contribution is 8.00. The molecule has 2 atom stereocenters. The van der Waals surface area contributed by atoms with Crippen LogP contribution in [-0.4, -0.2) is 35.5 Å². The number of halogens is 2. The normalized spacial score (nSPS) is 14.7. The van der Waals surface area contributed by atoms with Gasteiger partial charge in [-0.3, -0.25) is 14.4 Å². The molecule has 0 bridgehead atoms. The number of carbonyl (C=O) groups is 4. The molecule has 0 spiro atoms. The first-order valence-corrected chi connectivity index (χ1v) is 18.2. The summed E-state index contributed by atoms with van der Waals surface area (Å²) in [7, 11) is 0. The molecule has 0 saturated heterocycles. The minimum absolute atomic E-state index is 0.0330. The van der Waals surface area contributed by atoms with Crippen LogP contribution in [0.2, 0.25) is 10.0 Å². The number of amides is 3. The van der Waals surface area contributed by atoms with Gasteiger partial charge in [0.05, 0.1) is 17.4 Å². The highest BCUT2D eigenvalue weighted by Crippen LogP contribution is 2.40. The summed E-state index contributed by atoms with van der Waals surface area (Å²) in [5.74, 6) is -1.21. The van der Waals surface area contributed by atoms with Crippen LogP contribution in [0.25, 0.3) is 6.08 Å². The lowest BCUT2D eigenvalue weighted by atomic mass is 9.88. The van der Waals surface area contributed by atoms with Crippen molar-refractivity contribution in [2.75, 3.05) is 17.2 Å². The van der Waals surface area contributed by atoms with Crippen molar-refractivity contribution >= 4 is 86.8 Å². The van der Waals surface area contributed by atoms with E-state index in [2.05, 4.69) is 22.9 Å². The van der Waals surface area contributed by atoms with Crippen molar-refractivity contribution in [3.05, 3.63) is 116 Å². The minimum atomic E-state index is -0.578. The number of hydrogen-bond acceptors (Lipinski definition) is 7. The van der Waals surface area contributed by atoms with Gasteiger partial charge in [0, 0.05) is 31.1 Å². The second-order valence-electron chi connectivity index (χ2n) is 11.6. The molecule has 4 aromatic rings. The van der Waals surface area contributed by atoms with Crippen LogP contribution in [0.5, 0.6) is 0 Å². The predicted molar refractivity (Wildman–Crippen MR) is 199 cm³/mol. The number of benzene rings is 3. The van der Waals surface area contributed by atoms with Crippen molar-refractivity contribution < 1.29 is 23.9 Å². The van der Waals surface area contributed by atoms with Gasteiger partial charge in [-0.2, -0.15) is 0 Å². The maximum absolute atomic E-state index is 13.6. The summed E-state index contributed by atoms with van der Waals surface area (Å²) in [6.07, 6.45) is 4.10. The Morgan fingerprint density at radius 3 is 2.53 bits per heavy atom. The maximum Gasteiger partial charge on any atom is 0.341 e. The lowest BCUT2D eigenvalue weighted by Gasteiger charge is -2.18. The largest absolute Gasteiger partial charge is 0.462 e. The molecule has 3 aromatic carbocycles. The van der Waals surface area contributed by atoms with Crippen molar-refractivity contribution in [2.24, 2.45) is 5.92 Å². The fourth-order valence-corrected chi connectivity index (χ4v) is 8.08. The number of thioether (sulfide) groups is 1. The number of ether oxygens (including phenoxy) is 1. The Morgan fingerprint density at radius 2 is 1.80 bits per heavy atom. The van der Waals surface area contributed by atoms with E-state index >= 15 is 0 Å². The first-order chi connectivity index (χ1) is 23.5. The Balaban J connectivity index is 1.31. The van der Waals surface area contributed by atoms with Crippen LogP contribution >= 0.6 is 46.3 Å². The summed E-state index contributed by atoms with van der Waals surface area (Å²) >= 11 is 15.2. The number of thiophene rings is 1. The van der Waals surface area contributed by atoms with Crippen molar-refractivity contribution in [2.45, 2.75) is 50.2 Å². The van der Waals surface area contributed by atoms with Crippen molar-refractivity contribution in [1.82, 2.24) is 5.32 Å². The lowest BCUT2D eigenvalue weighted by Crippen LogP contribution is -2.30. The summed E-state index contributed by atoms with van der Waals surface area (Å²) in [5, 5.41) is 9.26. The van der Waals surface area contributed by atoms with Crippen LogP contribution < -0.4 is 16.0 Å². The van der Waals surface area contributed by atoms with Gasteiger partial charge in [-0.1, -0.05) is 60.5 Å². The Morgan fingerprint density at radius 1 is 1.02 bits per heavy atom. The molecule has 1 aliphatic carbocycles. The van der Waals surface area contributed by atoms with Gasteiger partial charge < -0.3 is 20.7 Å². The highest BCUT2D eigenvalue weighted by atomic mass is 35.5. The first kappa shape index (κ1) is 36.2. The van der Waals surface area contributed by atoms with E-state index in [1.807, 2.05) is 6.07 Å². The molecule has 3 N–H and O–H groups in total. The third-order valence-electron chi connectivity index (χ3n) is 7.79. The number of anilines is 2. The molecule has 2 unspecified atom stereocenters. The van der Waals surface area contributed by atoms with Gasteiger partial charge in [-0.15, -0.1) is 23.1 Å². The second-order valence-corrected chi connectivity index (χ2v) is 14.9. The third-order valence-corrected chi connectivity index (χ3v) is 10.6. The number of esters is 1. The maximum atomic E-state index is 13.6. The van der Waals surface area contributed by atoms with E-state index in [1.165, 1.54) is 29.2 Å². The minimum Gasteiger partial charge on any atom is -0.462 e. The smallest absolute Gasteiger partial charge is 0.341 e. The molecule has 0 radical (unpaired) electrons. The Bertz CT molecular complexity index is 1910. The fourth-order valence-electron chi connectivity index (χ4n) is 5.29. The summed E-state index contributed by atoms with van der Waals surface area (Å²) in [5.41, 5.74) is 2.73. The molecule has 5 rings (SSSR count). The molecule has 0 aliphatic heterocycles. The summed E-state index contributed by atoms with van der Waals surface area (Å²) in [6.45, 7) is 5.98. The molecule has 3 amide bonds. The third kappa shape index (κ3) is 9.33. The summed E-state index contributed by atoms with van der Waals surface area (Å²) in [4.78, 5) is 54.8. The van der Waals surface area contributed by atoms with E-state index in [1.54, 1.807) is 80.6 Å². The number of hydrogen-bond donors (Lipinski definition) is 3. The van der Waals surface area contributed by atoms with Gasteiger partial charge in [0.2, 0.25) is 5.91 Å². The number of rotatable bonds is 11. The van der Waals surface area contributed by atoms with E-state index in [-0.39, 0.29) is 18.2 Å². The monoisotopic (exact) mass is 735 g/mol. The number of fused-ring (bicyclic) bond motifs is 1. The average Bonchev–Trinajstić information content (AvgIpc) is 3.42. The van der Waals surface area contributed by atoms with Gasteiger partial charge in [-0.05, 0) is 98.7 Å².